The monoisotopic (exact) mass is 163 g/mol. The summed E-state index contributed by atoms with van der Waals surface area (Å²) in [7, 11) is 2.55. The van der Waals surface area contributed by atoms with Gasteiger partial charge < -0.3 is 0 Å². The minimum atomic E-state index is 0. The maximum absolute atomic E-state index is 2.55. The smallest absolute Gasteiger partial charge is 0 e. The van der Waals surface area contributed by atoms with Gasteiger partial charge in [-0.2, -0.15) is 0 Å². The summed E-state index contributed by atoms with van der Waals surface area (Å²) >= 11 is 1.35. The Labute approximate surface area is 45.5 Å². The van der Waals surface area contributed by atoms with E-state index in [2.05, 4.69) is 14.7 Å². The summed E-state index contributed by atoms with van der Waals surface area (Å²) in [6.45, 7) is 2.06. The molecule has 1 atom stereocenters. The fraction of sp³-hybridized carbons (Fsp3) is 0. The van der Waals surface area contributed by atoms with E-state index in [4.69, 9.17) is 0 Å². The second-order valence-electron chi connectivity index (χ2n) is 0.192. The zero-order valence-electron chi connectivity index (χ0n) is 2.23. The van der Waals surface area contributed by atoms with Gasteiger partial charge in [-0.05, 0) is 0 Å². The molecule has 0 nitrogen and oxygen atoms in total. The largest absolute Gasteiger partial charge is 0 e. The second kappa shape index (κ2) is 8.82. The van der Waals surface area contributed by atoms with E-state index in [0.29, 0.717) is 0 Å². The van der Waals surface area contributed by atoms with Gasteiger partial charge in [0.25, 0.3) is 0 Å². The van der Waals surface area contributed by atoms with Crippen molar-refractivity contribution in [2.24, 2.45) is 0 Å². The molecule has 0 saturated carbocycles. The van der Waals surface area contributed by atoms with Crippen molar-refractivity contribution in [2.75, 3.05) is 0 Å². The summed E-state index contributed by atoms with van der Waals surface area (Å²) in [5.74, 6) is 0. The minimum absolute atomic E-state index is 0. The zero-order chi connectivity index (χ0) is 2.71. The molecule has 0 heterocycles. The van der Waals surface area contributed by atoms with E-state index in [1.165, 1.54) is 14.1 Å². The molecule has 0 amide bonds. The summed E-state index contributed by atoms with van der Waals surface area (Å²) < 4.78 is 0. The van der Waals surface area contributed by atoms with Crippen LogP contribution in [0.3, 0.4) is 0 Å². The van der Waals surface area contributed by atoms with Crippen molar-refractivity contribution in [1.29, 1.82) is 0 Å². The Balaban J connectivity index is 0. The molecule has 0 spiro atoms. The van der Waals surface area contributed by atoms with Crippen LogP contribution in [0.2, 0.25) is 0 Å². The quantitative estimate of drug-likeness (QED) is 0.331. The van der Waals surface area contributed by atoms with Crippen molar-refractivity contribution >= 4 is 14.7 Å². The molecule has 0 aromatic carbocycles. The van der Waals surface area contributed by atoms with Gasteiger partial charge in [0.2, 0.25) is 0 Å². The predicted octanol–water partition coefficient (Wildman–Crippen LogP) is -0.595. The standard InChI is InChI=1S/BH2.Co.Ni.H2P/h1H2;;;1H2/q+1;;;-1. The zero-order valence-corrected chi connectivity index (χ0v) is 5.41. The maximum atomic E-state index is 2.55. The van der Waals surface area contributed by atoms with Crippen LogP contribution in [0.25, 0.3) is 0 Å². The molecule has 0 aliphatic carbocycles. The average molecular weight is 163 g/mol. The molecule has 0 aliphatic heterocycles. The molecule has 0 aromatic heterocycles. The maximum Gasteiger partial charge on any atom is 0 e. The molecule has 0 saturated heterocycles. The van der Waals surface area contributed by atoms with Crippen LogP contribution in [0.1, 0.15) is 0 Å². The van der Waals surface area contributed by atoms with Gasteiger partial charge in [0.15, 0.2) is 0 Å². The van der Waals surface area contributed by atoms with Crippen molar-refractivity contribution in [2.45, 2.75) is 0 Å². The minimum Gasteiger partial charge on any atom is 0 e. The molecule has 0 bridgehead atoms. The molecule has 0 N–H and O–H groups in total. The fourth-order valence-electron chi connectivity index (χ4n) is 0. The van der Waals surface area contributed by atoms with Crippen molar-refractivity contribution in [3.8, 4) is 0 Å². The van der Waals surface area contributed by atoms with Crippen LogP contribution in [0.15, 0.2) is 0 Å². The first kappa shape index (κ1) is 9.09. The van der Waals surface area contributed by atoms with Crippen molar-refractivity contribution in [3.63, 3.8) is 0 Å². The Bertz CT molecular complexity index is 8.00. The van der Waals surface area contributed by atoms with Gasteiger partial charge in [0.1, 0.15) is 0 Å². The van der Waals surface area contributed by atoms with Gasteiger partial charge >= 0.3 is 28.8 Å². The first-order valence-electron chi connectivity index (χ1n) is 0.526. The summed E-state index contributed by atoms with van der Waals surface area (Å²) in [5, 5.41) is 0. The van der Waals surface area contributed by atoms with Gasteiger partial charge in [-0.15, -0.1) is 0 Å². The third-order valence-corrected chi connectivity index (χ3v) is 0. The molecular formula is H4BCoNiP. The SMILES string of the molecule is [BH2][Co][PH2].[Ni]. The van der Waals surface area contributed by atoms with Crippen molar-refractivity contribution in [3.05, 3.63) is 0 Å². The Hall–Kier alpha value is 1.49. The molecule has 0 aliphatic rings. The molecule has 0 radical (unpaired) electrons. The van der Waals surface area contributed by atoms with Gasteiger partial charge in [-0.3, -0.25) is 0 Å². The molecule has 31 valence electrons. The summed E-state index contributed by atoms with van der Waals surface area (Å²) in [4.78, 5) is 0. The van der Waals surface area contributed by atoms with Crippen LogP contribution >= 0.6 is 7.97 Å². The summed E-state index contributed by atoms with van der Waals surface area (Å²) in [6, 6.07) is 0. The Morgan fingerprint density at radius 1 is 1.75 bits per heavy atom. The van der Waals surface area contributed by atoms with Crippen molar-refractivity contribution in [1.82, 2.24) is 0 Å². The first-order chi connectivity index (χ1) is 1.41. The third-order valence-electron chi connectivity index (χ3n) is 0. The van der Waals surface area contributed by atoms with E-state index in [9.17, 15) is 0 Å². The normalized spacial score (nSPS) is 5.25. The van der Waals surface area contributed by atoms with E-state index in [0.717, 1.165) is 0 Å². The summed E-state index contributed by atoms with van der Waals surface area (Å²) in [5.41, 5.74) is 0. The molecule has 1 unspecified atom stereocenters. The van der Waals surface area contributed by atoms with E-state index < -0.39 is 0 Å². The Kier molecular flexibility index (Phi) is 20.0. The van der Waals surface area contributed by atoms with E-state index >= 15 is 0 Å². The predicted molar refractivity (Wildman–Crippen MR) is 18.3 cm³/mol. The molecular weight excluding hydrogens is 159 g/mol. The van der Waals surface area contributed by atoms with Gasteiger partial charge in [0.05, 0.1) is 0 Å². The van der Waals surface area contributed by atoms with Crippen LogP contribution in [0, 0.1) is 0 Å². The fourth-order valence-corrected chi connectivity index (χ4v) is 0. The van der Waals surface area contributed by atoms with Gasteiger partial charge in [-0.1, -0.05) is 0 Å². The number of hydrogen-bond donors (Lipinski definition) is 0. The summed E-state index contributed by atoms with van der Waals surface area (Å²) in [6.07, 6.45) is 0. The molecule has 0 aromatic rings. The number of hydrogen-bond acceptors (Lipinski definition) is 0. The van der Waals surface area contributed by atoms with Crippen LogP contribution in [-0.2, 0) is 30.6 Å². The topological polar surface area (TPSA) is 0 Å². The van der Waals surface area contributed by atoms with Crippen LogP contribution in [0.5, 0.6) is 0 Å². The number of rotatable bonds is 0. The van der Waals surface area contributed by atoms with Gasteiger partial charge in [-0.25, -0.2) is 0 Å². The molecule has 0 rings (SSSR count). The Morgan fingerprint density at radius 2 is 1.75 bits per heavy atom. The molecule has 0 fully saturated rings. The second-order valence-corrected chi connectivity index (χ2v) is 2.38. The van der Waals surface area contributed by atoms with Crippen LogP contribution < -0.4 is 0 Å². The van der Waals surface area contributed by atoms with Crippen LogP contribution in [0.4, 0.5) is 0 Å². The van der Waals surface area contributed by atoms with E-state index in [1.807, 2.05) is 0 Å². The van der Waals surface area contributed by atoms with Crippen LogP contribution in [-0.4, -0.2) is 6.70 Å². The molecule has 4 heavy (non-hydrogen) atoms. The van der Waals surface area contributed by atoms with E-state index in [1.54, 1.807) is 0 Å². The van der Waals surface area contributed by atoms with Gasteiger partial charge in [0, 0.05) is 16.5 Å². The molecule has 4 heteroatoms. The van der Waals surface area contributed by atoms with E-state index in [-0.39, 0.29) is 16.5 Å². The first-order valence-corrected chi connectivity index (χ1v) is 3.75. The average Bonchev–Trinajstić information content (AvgIpc) is 0.918. The Morgan fingerprint density at radius 3 is 1.75 bits per heavy atom. The third kappa shape index (κ3) is 9.73. The van der Waals surface area contributed by atoms with Crippen molar-refractivity contribution < 1.29 is 30.6 Å².